The molecule has 1 fully saturated rings. The van der Waals surface area contributed by atoms with Crippen molar-refractivity contribution in [2.75, 3.05) is 19.7 Å². The van der Waals surface area contributed by atoms with E-state index in [-0.39, 0.29) is 30.5 Å². The Hall–Kier alpha value is -3.76. The first-order valence-electron chi connectivity index (χ1n) is 13.5. The molecule has 214 valence electrons. The lowest BCUT2D eigenvalue weighted by Crippen LogP contribution is -2.37. The highest BCUT2D eigenvalue weighted by molar-refractivity contribution is 7.13. The van der Waals surface area contributed by atoms with Crippen LogP contribution in [0, 0.1) is 5.95 Å². The van der Waals surface area contributed by atoms with Gasteiger partial charge in [-0.15, -0.1) is 11.3 Å². The minimum absolute atomic E-state index is 0.136. The number of likely N-dealkylation sites (tertiary alicyclic amines) is 1. The van der Waals surface area contributed by atoms with Crippen LogP contribution < -0.4 is 4.74 Å². The molecule has 0 aliphatic carbocycles. The van der Waals surface area contributed by atoms with Crippen molar-refractivity contribution in [3.63, 3.8) is 0 Å². The summed E-state index contributed by atoms with van der Waals surface area (Å²) < 4.78 is 26.9. The van der Waals surface area contributed by atoms with E-state index >= 15 is 0 Å². The van der Waals surface area contributed by atoms with Crippen molar-refractivity contribution in [1.29, 1.82) is 0 Å². The van der Waals surface area contributed by atoms with Crippen LogP contribution in [0.3, 0.4) is 0 Å². The second kappa shape index (κ2) is 12.8. The van der Waals surface area contributed by atoms with Gasteiger partial charge in [0, 0.05) is 25.1 Å². The molecule has 4 aromatic rings. The maximum absolute atomic E-state index is 14.9. The van der Waals surface area contributed by atoms with E-state index in [1.807, 2.05) is 47.5 Å². The molecule has 1 amide bonds. The lowest BCUT2D eigenvalue weighted by atomic mass is 9.89. The molecule has 4 heterocycles. The Kier molecular flexibility index (Phi) is 8.99. The van der Waals surface area contributed by atoms with Gasteiger partial charge < -0.3 is 14.4 Å². The van der Waals surface area contributed by atoms with Crippen LogP contribution >= 0.6 is 22.9 Å². The molecule has 1 saturated heterocycles. The van der Waals surface area contributed by atoms with E-state index in [2.05, 4.69) is 10.1 Å². The summed E-state index contributed by atoms with van der Waals surface area (Å²) in [5, 5.41) is 6.48. The van der Waals surface area contributed by atoms with Crippen LogP contribution in [-0.2, 0) is 16.1 Å². The highest BCUT2D eigenvalue weighted by Crippen LogP contribution is 2.35. The third-order valence-electron chi connectivity index (χ3n) is 7.10. The molecule has 11 heteroatoms. The number of halogens is 2. The number of benzene rings is 1. The second-order valence-corrected chi connectivity index (χ2v) is 10.9. The lowest BCUT2D eigenvalue weighted by molar-refractivity contribution is -0.131. The normalized spacial score (nSPS) is 13.8. The Bertz CT molecular complexity index is 1550. The number of piperidine rings is 1. The molecule has 0 bridgehead atoms. The first kappa shape index (κ1) is 28.8. The maximum Gasteiger partial charge on any atom is 0.344 e. The summed E-state index contributed by atoms with van der Waals surface area (Å²) in [6.07, 6.45) is 3.51. The van der Waals surface area contributed by atoms with Crippen molar-refractivity contribution < 1.29 is 23.5 Å². The fourth-order valence-corrected chi connectivity index (χ4v) is 6.03. The van der Waals surface area contributed by atoms with Gasteiger partial charge in [0.15, 0.2) is 5.82 Å². The smallest absolute Gasteiger partial charge is 0.344 e. The van der Waals surface area contributed by atoms with Gasteiger partial charge in [0.05, 0.1) is 28.4 Å². The second-order valence-electron chi connectivity index (χ2n) is 9.62. The molecule has 1 aliphatic rings. The molecule has 1 aromatic carbocycles. The fraction of sp³-hybridized carbons (Fsp3) is 0.333. The molecule has 0 unspecified atom stereocenters. The van der Waals surface area contributed by atoms with E-state index in [1.165, 1.54) is 11.3 Å². The van der Waals surface area contributed by atoms with Crippen molar-refractivity contribution in [1.82, 2.24) is 19.7 Å². The van der Waals surface area contributed by atoms with Crippen LogP contribution in [0.15, 0.2) is 54.0 Å². The molecule has 0 saturated carbocycles. The van der Waals surface area contributed by atoms with Crippen molar-refractivity contribution in [2.24, 2.45) is 0 Å². The average Bonchev–Trinajstić information content (AvgIpc) is 3.63. The zero-order valence-corrected chi connectivity index (χ0v) is 24.4. The van der Waals surface area contributed by atoms with Crippen LogP contribution in [0.1, 0.15) is 60.5 Å². The largest absolute Gasteiger partial charge is 0.487 e. The minimum Gasteiger partial charge on any atom is -0.487 e. The summed E-state index contributed by atoms with van der Waals surface area (Å²) in [4.78, 5) is 31.4. The predicted octanol–water partition coefficient (Wildman–Crippen LogP) is 6.66. The lowest BCUT2D eigenvalue weighted by Gasteiger charge is -2.32. The molecule has 0 spiro atoms. The number of rotatable bonds is 9. The summed E-state index contributed by atoms with van der Waals surface area (Å²) in [5.41, 5.74) is 2.43. The molecule has 3 aromatic heterocycles. The van der Waals surface area contributed by atoms with Gasteiger partial charge in [-0.3, -0.25) is 4.79 Å². The first-order valence-corrected chi connectivity index (χ1v) is 14.8. The SMILES string of the molecule is CCOC(=O)c1cnn(-c2cccc(-c3sccc3COc3ccc(C4CCN(C(=O)CC)CC4)cc3Cl)n2)c1F. The number of carbonyl (C=O) groups excluding carboxylic acids is 2. The number of aromatic nitrogens is 3. The number of hydrogen-bond donors (Lipinski definition) is 0. The minimum atomic E-state index is -0.832. The number of pyridine rings is 1. The van der Waals surface area contributed by atoms with Gasteiger partial charge in [0.25, 0.3) is 0 Å². The van der Waals surface area contributed by atoms with Crippen LogP contribution in [0.25, 0.3) is 16.4 Å². The van der Waals surface area contributed by atoms with Gasteiger partial charge in [-0.2, -0.15) is 14.2 Å². The van der Waals surface area contributed by atoms with E-state index in [4.69, 9.17) is 21.1 Å². The van der Waals surface area contributed by atoms with Gasteiger partial charge in [0.2, 0.25) is 11.9 Å². The molecule has 1 aliphatic heterocycles. The van der Waals surface area contributed by atoms with E-state index in [9.17, 15) is 14.0 Å². The number of nitrogens with zero attached hydrogens (tertiary/aromatic N) is 4. The summed E-state index contributed by atoms with van der Waals surface area (Å²) >= 11 is 8.11. The number of carbonyl (C=O) groups is 2. The summed E-state index contributed by atoms with van der Waals surface area (Å²) in [6, 6.07) is 13.1. The van der Waals surface area contributed by atoms with Crippen LogP contribution in [0.4, 0.5) is 4.39 Å². The van der Waals surface area contributed by atoms with Gasteiger partial charge in [-0.05, 0) is 67.0 Å². The molecular weight excluding hydrogens is 567 g/mol. The first-order chi connectivity index (χ1) is 19.9. The van der Waals surface area contributed by atoms with Crippen LogP contribution in [-0.4, -0.2) is 51.2 Å². The molecule has 0 N–H and O–H groups in total. The Labute approximate surface area is 246 Å². The molecular formula is C30H30ClFN4O4S. The predicted molar refractivity (Wildman–Crippen MR) is 155 cm³/mol. The molecule has 5 rings (SSSR count). The standard InChI is InChI=1S/C30H30ClFN4O4S/c1-3-27(37)35-13-10-19(11-14-35)20-8-9-25(23(31)16-20)40-18-21-12-15-41-28(21)24-6-5-7-26(34-24)36-29(32)22(17-33-36)30(38)39-4-2/h5-9,12,15-17,19H,3-4,10-11,13-14,18H2,1-2H3. The van der Waals surface area contributed by atoms with Gasteiger partial charge in [-0.25, -0.2) is 9.78 Å². The van der Waals surface area contributed by atoms with Crippen molar-refractivity contribution in [2.45, 2.75) is 45.6 Å². The monoisotopic (exact) mass is 596 g/mol. The van der Waals surface area contributed by atoms with Gasteiger partial charge in [-0.1, -0.05) is 30.7 Å². The summed E-state index contributed by atoms with van der Waals surface area (Å²) in [6.45, 7) is 5.49. The highest BCUT2D eigenvalue weighted by atomic mass is 35.5. The number of thiophene rings is 1. The number of amides is 1. The van der Waals surface area contributed by atoms with E-state index in [1.54, 1.807) is 19.1 Å². The number of hydrogen-bond acceptors (Lipinski definition) is 7. The zero-order valence-electron chi connectivity index (χ0n) is 22.8. The summed E-state index contributed by atoms with van der Waals surface area (Å²) in [5.74, 6) is -0.224. The van der Waals surface area contributed by atoms with Crippen molar-refractivity contribution in [3.05, 3.63) is 81.7 Å². The van der Waals surface area contributed by atoms with Crippen molar-refractivity contribution in [3.8, 4) is 22.1 Å². The molecule has 0 atom stereocenters. The van der Waals surface area contributed by atoms with E-state index in [0.717, 1.165) is 52.8 Å². The Morgan fingerprint density at radius 1 is 1.15 bits per heavy atom. The third kappa shape index (κ3) is 6.28. The van der Waals surface area contributed by atoms with Gasteiger partial charge in [0.1, 0.15) is 17.9 Å². The van der Waals surface area contributed by atoms with Crippen molar-refractivity contribution >= 4 is 34.8 Å². The van der Waals surface area contributed by atoms with E-state index in [0.29, 0.717) is 28.8 Å². The Morgan fingerprint density at radius 3 is 2.68 bits per heavy atom. The third-order valence-corrected chi connectivity index (χ3v) is 8.37. The molecule has 41 heavy (non-hydrogen) atoms. The molecule has 8 nitrogen and oxygen atoms in total. The topological polar surface area (TPSA) is 86.5 Å². The Balaban J connectivity index is 1.27. The van der Waals surface area contributed by atoms with Gasteiger partial charge >= 0.3 is 5.97 Å². The fourth-order valence-electron chi connectivity index (χ4n) is 4.91. The zero-order chi connectivity index (χ0) is 28.9. The number of esters is 1. The number of ether oxygens (including phenoxy) is 2. The molecule has 0 radical (unpaired) electrons. The van der Waals surface area contributed by atoms with Crippen LogP contribution in [0.2, 0.25) is 5.02 Å². The van der Waals surface area contributed by atoms with E-state index < -0.39 is 11.9 Å². The summed E-state index contributed by atoms with van der Waals surface area (Å²) in [7, 11) is 0. The Morgan fingerprint density at radius 2 is 1.95 bits per heavy atom. The maximum atomic E-state index is 14.9. The quantitative estimate of drug-likeness (QED) is 0.201. The average molecular weight is 597 g/mol. The van der Waals surface area contributed by atoms with Crippen LogP contribution in [0.5, 0.6) is 5.75 Å². The highest BCUT2D eigenvalue weighted by Gasteiger charge is 2.24.